The second kappa shape index (κ2) is 26.8. The number of carbonyl (C=O) groups excluding carboxylic acids is 6. The first-order chi connectivity index (χ1) is 36.4. The van der Waals surface area contributed by atoms with Gasteiger partial charge in [-0.3, -0.25) is 44.3 Å². The Bertz CT molecular complexity index is 2860. The monoisotopic (exact) mass is 1010 g/mol. The van der Waals surface area contributed by atoms with Crippen LogP contribution in [0.3, 0.4) is 0 Å². The number of methoxy groups -OCH3 is 1. The summed E-state index contributed by atoms with van der Waals surface area (Å²) in [6, 6.07) is 47.3. The lowest BCUT2D eigenvalue weighted by molar-refractivity contribution is -0.384. The van der Waals surface area contributed by atoms with Gasteiger partial charge in [-0.25, -0.2) is 4.79 Å². The zero-order valence-corrected chi connectivity index (χ0v) is 41.7. The second-order valence-electron chi connectivity index (χ2n) is 18.0. The fourth-order valence-corrected chi connectivity index (χ4v) is 8.89. The Kier molecular flexibility index (Phi) is 19.3. The molecule has 16 nitrogen and oxygen atoms in total. The third kappa shape index (κ3) is 14.9. The summed E-state index contributed by atoms with van der Waals surface area (Å²) in [5.74, 6) is -2.02. The van der Waals surface area contributed by atoms with Crippen molar-refractivity contribution >= 4 is 46.9 Å². The largest absolute Gasteiger partial charge is 0.497 e. The second-order valence-corrected chi connectivity index (χ2v) is 18.0. The molecule has 6 aromatic rings. The molecule has 0 saturated heterocycles. The molecule has 1 aliphatic rings. The van der Waals surface area contributed by atoms with E-state index in [4.69, 9.17) is 9.47 Å². The van der Waals surface area contributed by atoms with Gasteiger partial charge in [0.25, 0.3) is 17.5 Å². The maximum Gasteiger partial charge on any atom is 0.338 e. The van der Waals surface area contributed by atoms with Gasteiger partial charge in [0.05, 0.1) is 23.1 Å². The van der Waals surface area contributed by atoms with E-state index < -0.39 is 40.3 Å². The summed E-state index contributed by atoms with van der Waals surface area (Å²) >= 11 is 0. The van der Waals surface area contributed by atoms with Crippen molar-refractivity contribution in [3.8, 4) is 5.75 Å². The van der Waals surface area contributed by atoms with Crippen LogP contribution in [0.2, 0.25) is 0 Å². The van der Waals surface area contributed by atoms with Crippen molar-refractivity contribution in [2.24, 2.45) is 0 Å². The summed E-state index contributed by atoms with van der Waals surface area (Å²) in [5.41, 5.74) is 4.13. The Labute approximate surface area is 435 Å². The third-order valence-electron chi connectivity index (χ3n) is 12.9. The Balaban J connectivity index is 1.05. The van der Waals surface area contributed by atoms with Crippen molar-refractivity contribution < 1.29 is 43.2 Å². The Morgan fingerprint density at radius 3 is 1.83 bits per heavy atom. The summed E-state index contributed by atoms with van der Waals surface area (Å²) in [4.78, 5) is 90.4. The summed E-state index contributed by atoms with van der Waals surface area (Å²) in [7, 11) is 1.63. The highest BCUT2D eigenvalue weighted by Crippen LogP contribution is 2.37. The number of imide groups is 1. The van der Waals surface area contributed by atoms with E-state index in [1.807, 2.05) is 91.0 Å². The van der Waals surface area contributed by atoms with Crippen molar-refractivity contribution in [2.45, 2.75) is 75.6 Å². The van der Waals surface area contributed by atoms with Crippen LogP contribution in [0.1, 0.15) is 83.1 Å². The van der Waals surface area contributed by atoms with Gasteiger partial charge < -0.3 is 25.4 Å². The number of anilines is 1. The summed E-state index contributed by atoms with van der Waals surface area (Å²) < 4.78 is 10.9. The van der Waals surface area contributed by atoms with E-state index in [9.17, 15) is 38.9 Å². The maximum atomic E-state index is 14.4. The number of nitro groups is 1. The minimum atomic E-state index is -1.03. The molecule has 0 spiro atoms. The molecule has 386 valence electrons. The predicted octanol–water partition coefficient (Wildman–Crippen LogP) is 8.35. The molecule has 5 amide bonds. The van der Waals surface area contributed by atoms with Gasteiger partial charge in [-0.05, 0) is 103 Å². The number of rotatable bonds is 27. The van der Waals surface area contributed by atoms with Gasteiger partial charge in [0.2, 0.25) is 17.7 Å². The highest BCUT2D eigenvalue weighted by molar-refractivity contribution is 6.12. The van der Waals surface area contributed by atoms with Crippen LogP contribution < -0.4 is 26.0 Å². The molecule has 0 aromatic heterocycles. The fourth-order valence-electron chi connectivity index (χ4n) is 8.89. The number of unbranched alkanes of at least 4 members (excludes halogenated alkanes) is 3. The number of nitrogens with zero attached hydrogens (tertiary/aromatic N) is 2. The molecule has 75 heavy (non-hydrogen) atoms. The molecule has 0 fully saturated rings. The average Bonchev–Trinajstić information content (AvgIpc) is 3.77. The quantitative estimate of drug-likeness (QED) is 0.00961. The molecule has 0 unspecified atom stereocenters. The van der Waals surface area contributed by atoms with E-state index in [1.165, 1.54) is 36.4 Å². The van der Waals surface area contributed by atoms with Crippen molar-refractivity contribution in [3.63, 3.8) is 0 Å². The Morgan fingerprint density at radius 2 is 1.23 bits per heavy atom. The van der Waals surface area contributed by atoms with Crippen molar-refractivity contribution in [3.05, 3.63) is 219 Å². The molecular weight excluding hydrogens is 953 g/mol. The number of amides is 5. The average molecular weight is 1010 g/mol. The Morgan fingerprint density at radius 1 is 0.627 bits per heavy atom. The zero-order valence-electron chi connectivity index (χ0n) is 41.7. The molecule has 6 aromatic carbocycles. The van der Waals surface area contributed by atoms with Crippen LogP contribution in [0.25, 0.3) is 0 Å². The summed E-state index contributed by atoms with van der Waals surface area (Å²) in [6.45, 7) is 0.667. The van der Waals surface area contributed by atoms with Crippen molar-refractivity contribution in [1.29, 1.82) is 0 Å². The standard InChI is InChI=1S/C59H60N6O10/c1-74-50-34-28-47(29-35-50)59(45-18-8-3-9-19-45,46-20-10-4-11-21-46)60-38-14-13-22-51(56(69)61-48-30-24-43(25-31-48)41-75-58(71)44-26-32-49(33-27-44)65(72)73)63-57(70)52(40-42-16-6-2-7-17-42)62-53(66)23-12-5-15-39-64-54(67)36-37-55(64)68/h2-4,6-11,16-21,24-37,51-52,60H,5,12-15,22-23,38-41H2,1H3,(H,61,69)(H,62,66)(H,63,70)/t51-,52-/m0/s1. The van der Waals surface area contributed by atoms with Crippen molar-refractivity contribution in [2.75, 3.05) is 25.5 Å². The fraction of sp³-hybridized carbons (Fsp3) is 0.254. The molecule has 0 bridgehead atoms. The highest BCUT2D eigenvalue weighted by atomic mass is 16.6. The van der Waals surface area contributed by atoms with E-state index in [0.717, 1.165) is 32.9 Å². The molecule has 2 atom stereocenters. The van der Waals surface area contributed by atoms with E-state index in [1.54, 1.807) is 31.4 Å². The zero-order chi connectivity index (χ0) is 53.0. The van der Waals surface area contributed by atoms with Gasteiger partial charge in [0.1, 0.15) is 24.4 Å². The van der Waals surface area contributed by atoms with Crippen LogP contribution in [0, 0.1) is 10.1 Å². The Hall–Kier alpha value is -8.76. The molecule has 1 aliphatic heterocycles. The number of nitrogens with one attached hydrogen (secondary N) is 4. The number of esters is 1. The van der Waals surface area contributed by atoms with Crippen LogP contribution in [-0.2, 0) is 47.3 Å². The first-order valence-electron chi connectivity index (χ1n) is 24.9. The van der Waals surface area contributed by atoms with Crippen LogP contribution >= 0.6 is 0 Å². The van der Waals surface area contributed by atoms with Crippen LogP contribution in [0.15, 0.2) is 176 Å². The molecule has 1 heterocycles. The number of non-ortho nitro benzene ring substituents is 1. The van der Waals surface area contributed by atoms with Crippen LogP contribution in [-0.4, -0.2) is 77.6 Å². The number of nitro benzene ring substituents is 1. The minimum absolute atomic E-state index is 0.0993. The smallest absolute Gasteiger partial charge is 0.338 e. The normalized spacial score (nSPS) is 12.9. The lowest BCUT2D eigenvalue weighted by Crippen LogP contribution is -2.53. The van der Waals surface area contributed by atoms with E-state index in [2.05, 4.69) is 45.5 Å². The van der Waals surface area contributed by atoms with Crippen LogP contribution in [0.4, 0.5) is 11.4 Å². The maximum absolute atomic E-state index is 14.4. The summed E-state index contributed by atoms with van der Waals surface area (Å²) in [6.07, 6.45) is 5.65. The number of benzene rings is 6. The number of hydrogen-bond acceptors (Lipinski definition) is 11. The molecule has 4 N–H and O–H groups in total. The predicted molar refractivity (Wildman–Crippen MR) is 283 cm³/mol. The van der Waals surface area contributed by atoms with E-state index >= 15 is 0 Å². The number of hydrogen-bond donors (Lipinski definition) is 4. The van der Waals surface area contributed by atoms with E-state index in [-0.39, 0.29) is 61.4 Å². The molecular formula is C59H60N6O10. The van der Waals surface area contributed by atoms with Gasteiger partial charge in [-0.2, -0.15) is 0 Å². The van der Waals surface area contributed by atoms with Crippen molar-refractivity contribution in [1.82, 2.24) is 20.9 Å². The SMILES string of the molecule is COc1ccc(C(NCCCC[C@H](NC(=O)[C@H](Cc2ccccc2)NC(=O)CCCCCN2C(=O)C=CC2=O)C(=O)Nc2ccc(COC(=O)c3ccc([N+](=O)[O-])cc3)cc2)(c2ccccc2)c2ccccc2)cc1. The molecule has 0 radical (unpaired) electrons. The number of ether oxygens (including phenoxy) is 2. The van der Waals surface area contributed by atoms with E-state index in [0.29, 0.717) is 49.9 Å². The third-order valence-corrected chi connectivity index (χ3v) is 12.9. The van der Waals surface area contributed by atoms with Crippen LogP contribution in [0.5, 0.6) is 5.75 Å². The van der Waals surface area contributed by atoms with Gasteiger partial charge in [-0.1, -0.05) is 122 Å². The summed E-state index contributed by atoms with van der Waals surface area (Å²) in [5, 5.41) is 23.7. The molecule has 7 rings (SSSR count). The number of carbonyl (C=O) groups is 6. The lowest BCUT2D eigenvalue weighted by Gasteiger charge is -2.37. The lowest BCUT2D eigenvalue weighted by atomic mass is 9.77. The van der Waals surface area contributed by atoms with Gasteiger partial charge in [-0.15, -0.1) is 0 Å². The molecule has 0 saturated carbocycles. The molecule has 16 heteroatoms. The first kappa shape index (κ1) is 54.0. The first-order valence-corrected chi connectivity index (χ1v) is 24.9. The molecule has 0 aliphatic carbocycles. The van der Waals surface area contributed by atoms with Gasteiger partial charge >= 0.3 is 5.97 Å². The topological polar surface area (TPSA) is 215 Å². The minimum Gasteiger partial charge on any atom is -0.497 e. The highest BCUT2D eigenvalue weighted by Gasteiger charge is 2.36. The van der Waals surface area contributed by atoms with Gasteiger partial charge in [0, 0.05) is 49.4 Å². The van der Waals surface area contributed by atoms with Gasteiger partial charge in [0.15, 0.2) is 0 Å².